The molecule has 1 rings (SSSR count). The molecule has 0 heterocycles. The van der Waals surface area contributed by atoms with Crippen molar-refractivity contribution >= 4 is 11.9 Å². The van der Waals surface area contributed by atoms with Crippen LogP contribution in [0.2, 0.25) is 0 Å². The van der Waals surface area contributed by atoms with Gasteiger partial charge in [0.1, 0.15) is 0 Å². The Morgan fingerprint density at radius 2 is 1.35 bits per heavy atom. The van der Waals surface area contributed by atoms with Crippen molar-refractivity contribution in [1.82, 2.24) is 5.32 Å². The van der Waals surface area contributed by atoms with Crippen LogP contribution in [0, 0.1) is 5.41 Å². The monoisotopic (exact) mass is 435 g/mol. The largest absolute Gasteiger partial charge is 0.450 e. The van der Waals surface area contributed by atoms with Crippen LogP contribution in [0.4, 0.5) is 4.79 Å². The number of Topliss-reactive ketones (excluding diaryl/α,β-unsaturated/α-hetero) is 1. The summed E-state index contributed by atoms with van der Waals surface area (Å²) in [7, 11) is 0. The first-order valence-electron chi connectivity index (χ1n) is 13.0. The zero-order valence-electron chi connectivity index (χ0n) is 21.0. The first-order chi connectivity index (χ1) is 14.9. The van der Waals surface area contributed by atoms with Crippen LogP contribution in [0.3, 0.4) is 0 Å². The number of rotatable bonds is 17. The van der Waals surface area contributed by atoms with E-state index in [1.807, 2.05) is 13.8 Å². The highest BCUT2D eigenvalue weighted by molar-refractivity contribution is 6.00. The van der Waals surface area contributed by atoms with Crippen LogP contribution in [0.25, 0.3) is 0 Å². The molecule has 0 aromatic carbocycles. The SMILES string of the molecule is CCNC(=O)OCCCCCCCCCCCCCCCC1=C(C)C(=O)C(C)(C)CC1. The Kier molecular flexibility index (Phi) is 14.6. The summed E-state index contributed by atoms with van der Waals surface area (Å²) >= 11 is 0. The van der Waals surface area contributed by atoms with E-state index in [9.17, 15) is 9.59 Å². The summed E-state index contributed by atoms with van der Waals surface area (Å²) in [5.41, 5.74) is 2.35. The molecule has 0 radical (unpaired) electrons. The lowest BCUT2D eigenvalue weighted by molar-refractivity contribution is -0.124. The van der Waals surface area contributed by atoms with Crippen molar-refractivity contribution in [2.45, 2.75) is 130 Å². The van der Waals surface area contributed by atoms with Gasteiger partial charge in [-0.05, 0) is 51.5 Å². The van der Waals surface area contributed by atoms with Crippen LogP contribution in [0.5, 0.6) is 0 Å². The van der Waals surface area contributed by atoms with E-state index in [2.05, 4.69) is 19.2 Å². The van der Waals surface area contributed by atoms with Gasteiger partial charge in [-0.25, -0.2) is 4.79 Å². The molecule has 4 heteroatoms. The van der Waals surface area contributed by atoms with Crippen molar-refractivity contribution in [2.75, 3.05) is 13.2 Å². The second kappa shape index (κ2) is 16.3. The number of allylic oxidation sites excluding steroid dienone is 2. The molecule has 0 aliphatic heterocycles. The number of alkyl carbamates (subject to hydrolysis) is 1. The highest BCUT2D eigenvalue weighted by Gasteiger charge is 2.33. The lowest BCUT2D eigenvalue weighted by Crippen LogP contribution is -2.29. The number of nitrogens with one attached hydrogen (secondary N) is 1. The summed E-state index contributed by atoms with van der Waals surface area (Å²) in [6.45, 7) is 9.28. The summed E-state index contributed by atoms with van der Waals surface area (Å²) in [5, 5.41) is 2.64. The maximum Gasteiger partial charge on any atom is 0.407 e. The normalized spacial score (nSPS) is 15.9. The Bertz CT molecular complexity index is 551. The number of unbranched alkanes of at least 4 members (excludes halogenated alkanes) is 12. The molecule has 31 heavy (non-hydrogen) atoms. The molecule has 0 fully saturated rings. The maximum absolute atomic E-state index is 12.4. The van der Waals surface area contributed by atoms with Crippen molar-refractivity contribution < 1.29 is 14.3 Å². The second-order valence-electron chi connectivity index (χ2n) is 9.95. The molecule has 180 valence electrons. The van der Waals surface area contributed by atoms with Gasteiger partial charge in [-0.1, -0.05) is 90.0 Å². The predicted octanol–water partition coefficient (Wildman–Crippen LogP) is 7.90. The average molecular weight is 436 g/mol. The number of hydrogen-bond acceptors (Lipinski definition) is 3. The predicted molar refractivity (Wildman–Crippen MR) is 130 cm³/mol. The Labute approximate surface area is 192 Å². The second-order valence-corrected chi connectivity index (χ2v) is 9.95. The first-order valence-corrected chi connectivity index (χ1v) is 13.0. The van der Waals surface area contributed by atoms with Gasteiger partial charge in [0.25, 0.3) is 0 Å². The number of hydrogen-bond donors (Lipinski definition) is 1. The number of amides is 1. The summed E-state index contributed by atoms with van der Waals surface area (Å²) in [5.74, 6) is 0.374. The van der Waals surface area contributed by atoms with E-state index in [0.717, 1.165) is 37.7 Å². The van der Waals surface area contributed by atoms with Gasteiger partial charge in [0.05, 0.1) is 6.61 Å². The number of ketones is 1. The molecule has 0 bridgehead atoms. The Hall–Kier alpha value is -1.32. The Morgan fingerprint density at radius 1 is 0.871 bits per heavy atom. The van der Waals surface area contributed by atoms with Gasteiger partial charge in [0.2, 0.25) is 0 Å². The topological polar surface area (TPSA) is 55.4 Å². The maximum atomic E-state index is 12.4. The lowest BCUT2D eigenvalue weighted by Gasteiger charge is -2.30. The summed E-state index contributed by atoms with van der Waals surface area (Å²) in [6, 6.07) is 0. The fourth-order valence-corrected chi connectivity index (χ4v) is 4.49. The zero-order valence-corrected chi connectivity index (χ0v) is 21.0. The van der Waals surface area contributed by atoms with Gasteiger partial charge >= 0.3 is 6.09 Å². The standard InChI is InChI=1S/C27H49NO3/c1-5-28-26(30)31-22-18-16-14-12-10-8-6-7-9-11-13-15-17-19-24-20-21-27(3,4)25(29)23(24)2/h5-22H2,1-4H3,(H,28,30). The molecule has 1 aliphatic rings. The Balaban J connectivity index is 1.85. The van der Waals surface area contributed by atoms with E-state index in [4.69, 9.17) is 4.74 Å². The average Bonchev–Trinajstić information content (AvgIpc) is 2.73. The van der Waals surface area contributed by atoms with E-state index >= 15 is 0 Å². The van der Waals surface area contributed by atoms with Gasteiger partial charge in [-0.2, -0.15) is 0 Å². The van der Waals surface area contributed by atoms with Crippen LogP contribution >= 0.6 is 0 Å². The minimum Gasteiger partial charge on any atom is -0.450 e. The molecule has 1 amide bonds. The van der Waals surface area contributed by atoms with Gasteiger partial charge in [0, 0.05) is 12.0 Å². The van der Waals surface area contributed by atoms with E-state index < -0.39 is 0 Å². The quantitative estimate of drug-likeness (QED) is 0.236. The highest BCUT2D eigenvalue weighted by Crippen LogP contribution is 2.37. The third-order valence-corrected chi connectivity index (χ3v) is 6.71. The van der Waals surface area contributed by atoms with Crippen molar-refractivity contribution in [1.29, 1.82) is 0 Å². The number of carbonyl (C=O) groups is 2. The minimum absolute atomic E-state index is 0.143. The van der Waals surface area contributed by atoms with Gasteiger partial charge in [-0.15, -0.1) is 0 Å². The van der Waals surface area contributed by atoms with Crippen molar-refractivity contribution in [2.24, 2.45) is 5.41 Å². The fraction of sp³-hybridized carbons (Fsp3) is 0.852. The summed E-state index contributed by atoms with van der Waals surface area (Å²) in [4.78, 5) is 23.5. The van der Waals surface area contributed by atoms with Crippen LogP contribution in [-0.2, 0) is 9.53 Å². The van der Waals surface area contributed by atoms with Crippen molar-refractivity contribution in [3.8, 4) is 0 Å². The molecule has 4 nitrogen and oxygen atoms in total. The van der Waals surface area contributed by atoms with Crippen LogP contribution in [-0.4, -0.2) is 25.0 Å². The van der Waals surface area contributed by atoms with E-state index in [0.29, 0.717) is 18.9 Å². The molecule has 1 N–H and O–H groups in total. The minimum atomic E-state index is -0.292. The van der Waals surface area contributed by atoms with Crippen LogP contribution in [0.1, 0.15) is 130 Å². The highest BCUT2D eigenvalue weighted by atomic mass is 16.5. The molecule has 0 saturated carbocycles. The van der Waals surface area contributed by atoms with Gasteiger partial charge in [-0.3, -0.25) is 4.79 Å². The van der Waals surface area contributed by atoms with Gasteiger partial charge < -0.3 is 10.1 Å². The number of carbonyl (C=O) groups excluding carboxylic acids is 2. The van der Waals surface area contributed by atoms with Crippen LogP contribution < -0.4 is 5.32 Å². The van der Waals surface area contributed by atoms with Gasteiger partial charge in [0.15, 0.2) is 5.78 Å². The molecule has 0 aromatic rings. The molecule has 0 saturated heterocycles. The van der Waals surface area contributed by atoms with E-state index in [1.165, 1.54) is 76.2 Å². The van der Waals surface area contributed by atoms with E-state index in [1.54, 1.807) is 0 Å². The number of ether oxygens (including phenoxy) is 1. The molecule has 1 aliphatic carbocycles. The van der Waals surface area contributed by atoms with Crippen molar-refractivity contribution in [3.63, 3.8) is 0 Å². The fourth-order valence-electron chi connectivity index (χ4n) is 4.49. The zero-order chi connectivity index (χ0) is 23.0. The smallest absolute Gasteiger partial charge is 0.407 e. The van der Waals surface area contributed by atoms with Crippen molar-refractivity contribution in [3.05, 3.63) is 11.1 Å². The molecule has 0 atom stereocenters. The Morgan fingerprint density at radius 3 is 1.87 bits per heavy atom. The third-order valence-electron chi connectivity index (χ3n) is 6.71. The summed E-state index contributed by atoms with van der Waals surface area (Å²) < 4.78 is 5.07. The molecular weight excluding hydrogens is 386 g/mol. The third kappa shape index (κ3) is 12.3. The molecule has 0 unspecified atom stereocenters. The molecule has 0 spiro atoms. The molecular formula is C27H49NO3. The molecule has 0 aromatic heterocycles. The first kappa shape index (κ1) is 27.7. The van der Waals surface area contributed by atoms with Crippen LogP contribution in [0.15, 0.2) is 11.1 Å². The van der Waals surface area contributed by atoms with E-state index in [-0.39, 0.29) is 11.5 Å². The lowest BCUT2D eigenvalue weighted by atomic mass is 9.73. The summed E-state index contributed by atoms with van der Waals surface area (Å²) in [6.07, 6.45) is 19.7.